The molecule has 0 saturated carbocycles. The molecular weight excluding hydrogens is 251 g/mol. The van der Waals surface area contributed by atoms with E-state index in [1.54, 1.807) is 13.8 Å². The summed E-state index contributed by atoms with van der Waals surface area (Å²) >= 11 is 0. The van der Waals surface area contributed by atoms with Gasteiger partial charge in [0.05, 0.1) is 14.2 Å². The predicted octanol–water partition coefficient (Wildman–Crippen LogP) is 2.46. The Balaban J connectivity index is 3.10. The molecule has 1 aromatic carbocycles. The summed E-state index contributed by atoms with van der Waals surface area (Å²) in [7, 11) is 2.56. The lowest BCUT2D eigenvalue weighted by Crippen LogP contribution is -2.30. The topological polar surface area (TPSA) is 52.6 Å². The van der Waals surface area contributed by atoms with Crippen molar-refractivity contribution in [3.05, 3.63) is 29.6 Å². The molecule has 1 atom stereocenters. The number of carbonyl (C=O) groups is 2. The van der Waals surface area contributed by atoms with Crippen LogP contribution >= 0.6 is 0 Å². The quantitative estimate of drug-likeness (QED) is 0.467. The fourth-order valence-corrected chi connectivity index (χ4v) is 1.81. The highest BCUT2D eigenvalue weighted by Gasteiger charge is 2.31. The van der Waals surface area contributed by atoms with Crippen LogP contribution in [0.3, 0.4) is 0 Å². The van der Waals surface area contributed by atoms with Crippen molar-refractivity contribution in [2.75, 3.05) is 14.2 Å². The molecule has 0 aliphatic heterocycles. The molecule has 0 saturated heterocycles. The minimum atomic E-state index is -0.933. The van der Waals surface area contributed by atoms with Crippen molar-refractivity contribution in [1.82, 2.24) is 0 Å². The Morgan fingerprint density at radius 2 is 1.84 bits per heavy atom. The third-order valence-corrected chi connectivity index (χ3v) is 2.84. The van der Waals surface area contributed by atoms with E-state index in [2.05, 4.69) is 4.74 Å². The third kappa shape index (κ3) is 3.30. The van der Waals surface area contributed by atoms with Crippen LogP contribution in [0, 0.1) is 17.7 Å². The Hall–Kier alpha value is -1.91. The first-order valence-electron chi connectivity index (χ1n) is 5.88. The molecule has 19 heavy (non-hydrogen) atoms. The fraction of sp³-hybridized carbons (Fsp3) is 0.429. The Morgan fingerprint density at radius 3 is 2.26 bits per heavy atom. The van der Waals surface area contributed by atoms with E-state index in [1.807, 2.05) is 0 Å². The predicted molar refractivity (Wildman–Crippen MR) is 67.6 cm³/mol. The van der Waals surface area contributed by atoms with Gasteiger partial charge in [-0.3, -0.25) is 9.59 Å². The molecule has 0 bridgehead atoms. The van der Waals surface area contributed by atoms with Crippen LogP contribution in [0.15, 0.2) is 18.2 Å². The first kappa shape index (κ1) is 15.1. The average Bonchev–Trinajstić information content (AvgIpc) is 2.37. The van der Waals surface area contributed by atoms with Crippen LogP contribution in [0.4, 0.5) is 4.39 Å². The third-order valence-electron chi connectivity index (χ3n) is 2.84. The Bertz CT molecular complexity index is 482. The number of esters is 1. The van der Waals surface area contributed by atoms with Gasteiger partial charge in [0, 0.05) is 5.56 Å². The van der Waals surface area contributed by atoms with Gasteiger partial charge in [-0.15, -0.1) is 0 Å². The normalized spacial score (nSPS) is 12.1. The van der Waals surface area contributed by atoms with Crippen molar-refractivity contribution in [3.63, 3.8) is 0 Å². The van der Waals surface area contributed by atoms with Gasteiger partial charge in [0.25, 0.3) is 0 Å². The van der Waals surface area contributed by atoms with Crippen molar-refractivity contribution in [2.45, 2.75) is 13.8 Å². The van der Waals surface area contributed by atoms with Gasteiger partial charge in [-0.05, 0) is 24.1 Å². The van der Waals surface area contributed by atoms with E-state index in [-0.39, 0.29) is 17.2 Å². The van der Waals surface area contributed by atoms with Crippen LogP contribution in [0.2, 0.25) is 0 Å². The molecule has 4 nitrogen and oxygen atoms in total. The summed E-state index contributed by atoms with van der Waals surface area (Å²) in [6, 6.07) is 3.86. The molecule has 0 amide bonds. The van der Waals surface area contributed by atoms with E-state index >= 15 is 0 Å². The molecule has 0 radical (unpaired) electrons. The number of rotatable bonds is 5. The fourth-order valence-electron chi connectivity index (χ4n) is 1.81. The summed E-state index contributed by atoms with van der Waals surface area (Å²) in [5.41, 5.74) is 0.127. The summed E-state index contributed by atoms with van der Waals surface area (Å²) < 4.78 is 23.0. The molecular formula is C14H17FO4. The highest BCUT2D eigenvalue weighted by atomic mass is 19.1. The molecule has 104 valence electrons. The van der Waals surface area contributed by atoms with Gasteiger partial charge < -0.3 is 9.47 Å². The molecule has 0 aliphatic rings. The molecule has 0 heterocycles. The number of methoxy groups -OCH3 is 2. The second kappa shape index (κ2) is 6.31. The molecule has 0 fully saturated rings. The molecule has 1 aromatic rings. The van der Waals surface area contributed by atoms with Gasteiger partial charge in [-0.1, -0.05) is 13.8 Å². The van der Waals surface area contributed by atoms with Crippen molar-refractivity contribution in [3.8, 4) is 5.75 Å². The van der Waals surface area contributed by atoms with Crippen molar-refractivity contribution >= 4 is 11.8 Å². The van der Waals surface area contributed by atoms with E-state index in [4.69, 9.17) is 4.74 Å². The van der Waals surface area contributed by atoms with Gasteiger partial charge in [-0.25, -0.2) is 4.39 Å². The summed E-state index contributed by atoms with van der Waals surface area (Å²) in [4.78, 5) is 23.8. The summed E-state index contributed by atoms with van der Waals surface area (Å²) in [5.74, 6) is -2.82. The number of halogens is 1. The van der Waals surface area contributed by atoms with E-state index in [9.17, 15) is 14.0 Å². The number of ketones is 1. The summed E-state index contributed by atoms with van der Waals surface area (Å²) in [6.45, 7) is 3.47. The molecule has 0 aromatic heterocycles. The maximum absolute atomic E-state index is 13.6. The maximum Gasteiger partial charge on any atom is 0.316 e. The van der Waals surface area contributed by atoms with Crippen molar-refractivity contribution in [1.29, 1.82) is 0 Å². The highest BCUT2D eigenvalue weighted by Crippen LogP contribution is 2.23. The second-order valence-corrected chi connectivity index (χ2v) is 4.46. The SMILES string of the molecule is COC(=O)C(C(=O)c1ccc(OC)c(F)c1)C(C)C. The summed E-state index contributed by atoms with van der Waals surface area (Å²) in [6.07, 6.45) is 0. The zero-order valence-corrected chi connectivity index (χ0v) is 11.4. The summed E-state index contributed by atoms with van der Waals surface area (Å²) in [5, 5.41) is 0. The van der Waals surface area contributed by atoms with Crippen LogP contribution in [0.1, 0.15) is 24.2 Å². The number of hydrogen-bond acceptors (Lipinski definition) is 4. The Labute approximate surface area is 111 Å². The van der Waals surface area contributed by atoms with Crippen LogP contribution in [0.25, 0.3) is 0 Å². The molecule has 0 aliphatic carbocycles. The Kier molecular flexibility index (Phi) is 5.03. The monoisotopic (exact) mass is 268 g/mol. The van der Waals surface area contributed by atoms with Gasteiger partial charge >= 0.3 is 5.97 Å². The van der Waals surface area contributed by atoms with Crippen molar-refractivity contribution in [2.24, 2.45) is 11.8 Å². The number of carbonyl (C=O) groups excluding carboxylic acids is 2. The minimum Gasteiger partial charge on any atom is -0.494 e. The number of hydrogen-bond donors (Lipinski definition) is 0. The zero-order chi connectivity index (χ0) is 14.6. The van der Waals surface area contributed by atoms with Gasteiger partial charge in [0.15, 0.2) is 17.3 Å². The minimum absolute atomic E-state index is 0.0516. The van der Waals surface area contributed by atoms with E-state index < -0.39 is 23.5 Å². The first-order valence-corrected chi connectivity index (χ1v) is 5.88. The first-order chi connectivity index (χ1) is 8.92. The van der Waals surface area contributed by atoms with Gasteiger partial charge in [-0.2, -0.15) is 0 Å². The van der Waals surface area contributed by atoms with Crippen molar-refractivity contribution < 1.29 is 23.5 Å². The van der Waals surface area contributed by atoms with Gasteiger partial charge in [0.2, 0.25) is 0 Å². The molecule has 0 N–H and O–H groups in total. The molecule has 1 rings (SSSR count). The smallest absolute Gasteiger partial charge is 0.316 e. The van der Waals surface area contributed by atoms with E-state index in [1.165, 1.54) is 26.4 Å². The van der Waals surface area contributed by atoms with Gasteiger partial charge in [0.1, 0.15) is 5.92 Å². The lowest BCUT2D eigenvalue weighted by molar-refractivity contribution is -0.144. The molecule has 5 heteroatoms. The second-order valence-electron chi connectivity index (χ2n) is 4.46. The number of ether oxygens (including phenoxy) is 2. The highest BCUT2D eigenvalue weighted by molar-refractivity contribution is 6.08. The van der Waals surface area contributed by atoms with E-state index in [0.29, 0.717) is 0 Å². The Morgan fingerprint density at radius 1 is 1.21 bits per heavy atom. The van der Waals surface area contributed by atoms with Crippen LogP contribution in [-0.2, 0) is 9.53 Å². The zero-order valence-electron chi connectivity index (χ0n) is 11.4. The van der Waals surface area contributed by atoms with Crippen LogP contribution in [-0.4, -0.2) is 26.0 Å². The standard InChI is InChI=1S/C14H17FO4/c1-8(2)12(14(17)19-4)13(16)9-5-6-11(18-3)10(15)7-9/h5-8,12H,1-4H3. The lowest BCUT2D eigenvalue weighted by Gasteiger charge is -2.17. The molecule has 0 spiro atoms. The van der Waals surface area contributed by atoms with Crippen LogP contribution in [0.5, 0.6) is 5.75 Å². The van der Waals surface area contributed by atoms with Crippen LogP contribution < -0.4 is 4.74 Å². The average molecular weight is 268 g/mol. The lowest BCUT2D eigenvalue weighted by atomic mass is 9.88. The largest absolute Gasteiger partial charge is 0.494 e. The number of benzene rings is 1. The maximum atomic E-state index is 13.6. The molecule has 1 unspecified atom stereocenters. The number of Topliss-reactive ketones (excluding diaryl/α,β-unsaturated/α-hetero) is 1. The van der Waals surface area contributed by atoms with E-state index in [0.717, 1.165) is 6.07 Å².